The van der Waals surface area contributed by atoms with Crippen LogP contribution in [0.2, 0.25) is 0 Å². The first-order valence-electron chi connectivity index (χ1n) is 5.29. The minimum atomic E-state index is -0.683. The first kappa shape index (κ1) is 9.93. The van der Waals surface area contributed by atoms with E-state index in [0.717, 1.165) is 13.1 Å². The summed E-state index contributed by atoms with van der Waals surface area (Å²) in [5.74, 6) is -0.683. The SMILES string of the molecule is CN(C1CCC1)C1(CC(=O)O)CNC1. The second-order valence-corrected chi connectivity index (χ2v) is 4.59. The fourth-order valence-corrected chi connectivity index (χ4v) is 2.36. The van der Waals surface area contributed by atoms with Crippen molar-refractivity contribution in [2.45, 2.75) is 37.3 Å². The maximum Gasteiger partial charge on any atom is 0.305 e. The Morgan fingerprint density at radius 3 is 2.50 bits per heavy atom. The third-order valence-electron chi connectivity index (χ3n) is 3.76. The van der Waals surface area contributed by atoms with Gasteiger partial charge >= 0.3 is 5.97 Å². The summed E-state index contributed by atoms with van der Waals surface area (Å²) in [7, 11) is 2.08. The molecule has 2 rings (SSSR count). The summed E-state index contributed by atoms with van der Waals surface area (Å²) in [6.07, 6.45) is 4.04. The van der Waals surface area contributed by atoms with E-state index < -0.39 is 5.97 Å². The molecule has 0 bridgehead atoms. The van der Waals surface area contributed by atoms with Gasteiger partial charge in [-0.05, 0) is 19.9 Å². The van der Waals surface area contributed by atoms with E-state index in [1.54, 1.807) is 0 Å². The second-order valence-electron chi connectivity index (χ2n) is 4.59. The Balaban J connectivity index is 1.99. The van der Waals surface area contributed by atoms with Gasteiger partial charge < -0.3 is 10.4 Å². The zero-order chi connectivity index (χ0) is 10.2. The zero-order valence-electron chi connectivity index (χ0n) is 8.62. The molecule has 2 fully saturated rings. The number of rotatable bonds is 4. The van der Waals surface area contributed by atoms with Gasteiger partial charge in [-0.3, -0.25) is 9.69 Å². The van der Waals surface area contributed by atoms with E-state index in [4.69, 9.17) is 5.11 Å². The molecule has 1 saturated heterocycles. The van der Waals surface area contributed by atoms with Gasteiger partial charge in [0.1, 0.15) is 0 Å². The van der Waals surface area contributed by atoms with Crippen LogP contribution < -0.4 is 5.32 Å². The Hall–Kier alpha value is -0.610. The molecule has 14 heavy (non-hydrogen) atoms. The average Bonchev–Trinajstić information content (AvgIpc) is 1.92. The molecule has 0 aromatic carbocycles. The van der Waals surface area contributed by atoms with Crippen LogP contribution in [-0.2, 0) is 4.79 Å². The smallest absolute Gasteiger partial charge is 0.305 e. The molecule has 2 N–H and O–H groups in total. The standard InChI is InChI=1S/C10H18N2O2/c1-12(8-3-2-4-8)10(5-9(13)14)6-11-7-10/h8,11H,2-7H2,1H3,(H,13,14). The van der Waals surface area contributed by atoms with Gasteiger partial charge in [0.25, 0.3) is 0 Å². The molecule has 0 aromatic rings. The Morgan fingerprint density at radius 1 is 1.57 bits per heavy atom. The number of carboxylic acid groups (broad SMARTS) is 1. The highest BCUT2D eigenvalue weighted by molar-refractivity contribution is 5.68. The molecule has 0 aromatic heterocycles. The summed E-state index contributed by atoms with van der Waals surface area (Å²) in [5.41, 5.74) is -0.100. The number of nitrogens with zero attached hydrogens (tertiary/aromatic N) is 1. The van der Waals surface area contributed by atoms with Crippen LogP contribution in [-0.4, -0.2) is 47.7 Å². The third-order valence-corrected chi connectivity index (χ3v) is 3.76. The monoisotopic (exact) mass is 198 g/mol. The minimum absolute atomic E-state index is 0.100. The Morgan fingerprint density at radius 2 is 2.21 bits per heavy atom. The average molecular weight is 198 g/mol. The van der Waals surface area contributed by atoms with Crippen LogP contribution in [0.5, 0.6) is 0 Å². The van der Waals surface area contributed by atoms with E-state index in [0.29, 0.717) is 6.04 Å². The van der Waals surface area contributed by atoms with Crippen molar-refractivity contribution in [1.29, 1.82) is 0 Å². The normalized spacial score (nSPS) is 25.6. The topological polar surface area (TPSA) is 52.6 Å². The van der Waals surface area contributed by atoms with Crippen molar-refractivity contribution in [2.75, 3.05) is 20.1 Å². The fourth-order valence-electron chi connectivity index (χ4n) is 2.36. The van der Waals surface area contributed by atoms with E-state index in [9.17, 15) is 4.79 Å². The molecule has 4 nitrogen and oxygen atoms in total. The Kier molecular flexibility index (Phi) is 2.49. The molecule has 1 saturated carbocycles. The van der Waals surface area contributed by atoms with Gasteiger partial charge in [-0.25, -0.2) is 0 Å². The van der Waals surface area contributed by atoms with Crippen LogP contribution in [0, 0.1) is 0 Å². The van der Waals surface area contributed by atoms with Gasteiger partial charge in [0.2, 0.25) is 0 Å². The second kappa shape index (κ2) is 3.51. The highest BCUT2D eigenvalue weighted by Crippen LogP contribution is 2.33. The van der Waals surface area contributed by atoms with Crippen molar-refractivity contribution >= 4 is 5.97 Å². The lowest BCUT2D eigenvalue weighted by Crippen LogP contribution is -2.71. The number of carboxylic acids is 1. The van der Waals surface area contributed by atoms with Crippen molar-refractivity contribution in [2.24, 2.45) is 0 Å². The molecule has 0 radical (unpaired) electrons. The molecule has 0 spiro atoms. The van der Waals surface area contributed by atoms with Crippen LogP contribution >= 0.6 is 0 Å². The maximum absolute atomic E-state index is 10.8. The van der Waals surface area contributed by atoms with Crippen LogP contribution in [0.4, 0.5) is 0 Å². The lowest BCUT2D eigenvalue weighted by Gasteiger charge is -2.53. The minimum Gasteiger partial charge on any atom is -0.481 e. The highest BCUT2D eigenvalue weighted by atomic mass is 16.4. The van der Waals surface area contributed by atoms with E-state index in [-0.39, 0.29) is 12.0 Å². The largest absolute Gasteiger partial charge is 0.481 e. The van der Waals surface area contributed by atoms with Crippen molar-refractivity contribution in [1.82, 2.24) is 10.2 Å². The molecular weight excluding hydrogens is 180 g/mol. The molecule has 2 aliphatic rings. The maximum atomic E-state index is 10.8. The molecular formula is C10H18N2O2. The first-order valence-corrected chi connectivity index (χ1v) is 5.29. The fraction of sp³-hybridized carbons (Fsp3) is 0.900. The van der Waals surface area contributed by atoms with Gasteiger partial charge in [0.15, 0.2) is 0 Å². The molecule has 0 atom stereocenters. The predicted octanol–water partition coefficient (Wildman–Crippen LogP) is 0.287. The van der Waals surface area contributed by atoms with Gasteiger partial charge in [0, 0.05) is 19.1 Å². The van der Waals surface area contributed by atoms with Crippen LogP contribution in [0.25, 0.3) is 0 Å². The van der Waals surface area contributed by atoms with Gasteiger partial charge in [-0.2, -0.15) is 0 Å². The highest BCUT2D eigenvalue weighted by Gasteiger charge is 2.45. The Bertz CT molecular complexity index is 234. The number of carbonyl (C=O) groups is 1. The van der Waals surface area contributed by atoms with E-state index in [1.165, 1.54) is 19.3 Å². The zero-order valence-corrected chi connectivity index (χ0v) is 8.62. The summed E-state index contributed by atoms with van der Waals surface area (Å²) in [6.45, 7) is 1.65. The van der Waals surface area contributed by atoms with Crippen LogP contribution in [0.15, 0.2) is 0 Å². The molecule has 0 unspecified atom stereocenters. The van der Waals surface area contributed by atoms with Crippen LogP contribution in [0.1, 0.15) is 25.7 Å². The van der Waals surface area contributed by atoms with Crippen molar-refractivity contribution < 1.29 is 9.90 Å². The molecule has 1 aliphatic heterocycles. The van der Waals surface area contributed by atoms with Crippen LogP contribution in [0.3, 0.4) is 0 Å². The summed E-state index contributed by atoms with van der Waals surface area (Å²) < 4.78 is 0. The van der Waals surface area contributed by atoms with E-state index in [2.05, 4.69) is 17.3 Å². The van der Waals surface area contributed by atoms with Gasteiger partial charge in [-0.1, -0.05) is 6.42 Å². The summed E-state index contributed by atoms with van der Waals surface area (Å²) in [5, 5.41) is 12.1. The first-order chi connectivity index (χ1) is 6.64. The number of hydrogen-bond donors (Lipinski definition) is 2. The van der Waals surface area contributed by atoms with E-state index >= 15 is 0 Å². The van der Waals surface area contributed by atoms with Crippen molar-refractivity contribution in [3.05, 3.63) is 0 Å². The Labute approximate surface area is 84.3 Å². The summed E-state index contributed by atoms with van der Waals surface area (Å²) >= 11 is 0. The van der Waals surface area contributed by atoms with Crippen molar-refractivity contribution in [3.63, 3.8) is 0 Å². The van der Waals surface area contributed by atoms with Gasteiger partial charge in [0.05, 0.1) is 12.0 Å². The van der Waals surface area contributed by atoms with E-state index in [1.807, 2.05) is 0 Å². The molecule has 0 amide bonds. The molecule has 80 valence electrons. The van der Waals surface area contributed by atoms with Gasteiger partial charge in [-0.15, -0.1) is 0 Å². The third kappa shape index (κ3) is 1.53. The number of hydrogen-bond acceptors (Lipinski definition) is 3. The summed E-state index contributed by atoms with van der Waals surface area (Å²) in [4.78, 5) is 13.1. The lowest BCUT2D eigenvalue weighted by molar-refractivity contribution is -0.142. The number of likely N-dealkylation sites (N-methyl/N-ethyl adjacent to an activating group) is 1. The van der Waals surface area contributed by atoms with Crippen molar-refractivity contribution in [3.8, 4) is 0 Å². The molecule has 1 heterocycles. The predicted molar refractivity (Wildman–Crippen MR) is 53.3 cm³/mol. The number of aliphatic carboxylic acids is 1. The summed E-state index contributed by atoms with van der Waals surface area (Å²) in [6, 6.07) is 0.622. The quantitative estimate of drug-likeness (QED) is 0.681. The molecule has 4 heteroatoms. The lowest BCUT2D eigenvalue weighted by atomic mass is 9.81. The number of nitrogens with one attached hydrogen (secondary N) is 1. The molecule has 1 aliphatic carbocycles.